The van der Waals surface area contributed by atoms with Crippen molar-refractivity contribution < 1.29 is 4.79 Å². The molecule has 2 aliphatic rings. The van der Waals surface area contributed by atoms with Crippen LogP contribution in [0.2, 0.25) is 0 Å². The minimum atomic E-state index is -0.0834. The molecule has 2 aliphatic heterocycles. The summed E-state index contributed by atoms with van der Waals surface area (Å²) in [4.78, 5) is 28.3. The van der Waals surface area contributed by atoms with Crippen LogP contribution in [0.15, 0.2) is 24.5 Å². The summed E-state index contributed by atoms with van der Waals surface area (Å²) in [6.07, 6.45) is 6.65. The van der Waals surface area contributed by atoms with Gasteiger partial charge in [-0.1, -0.05) is 19.9 Å². The summed E-state index contributed by atoms with van der Waals surface area (Å²) in [7, 11) is 0. The predicted octanol–water partition coefficient (Wildman–Crippen LogP) is 2.36. The smallest absolute Gasteiger partial charge is 0.270 e. The Morgan fingerprint density at radius 2 is 2.11 bits per heavy atom. The summed E-state index contributed by atoms with van der Waals surface area (Å²) < 4.78 is 0. The minimum absolute atomic E-state index is 0.0834. The zero-order valence-electron chi connectivity index (χ0n) is 16.6. The van der Waals surface area contributed by atoms with Crippen molar-refractivity contribution in [2.75, 3.05) is 25.0 Å². The Kier molecular flexibility index (Phi) is 5.52. The molecule has 2 aromatic rings. The molecule has 0 aromatic carbocycles. The number of rotatable bonds is 5. The lowest BCUT2D eigenvalue weighted by Gasteiger charge is -2.33. The van der Waals surface area contributed by atoms with Gasteiger partial charge in [-0.3, -0.25) is 14.7 Å². The van der Waals surface area contributed by atoms with Crippen LogP contribution in [0, 0.1) is 0 Å². The lowest BCUT2D eigenvalue weighted by atomic mass is 10.0. The average molecular weight is 380 g/mol. The Morgan fingerprint density at radius 3 is 2.82 bits per heavy atom. The van der Waals surface area contributed by atoms with Crippen LogP contribution < -0.4 is 10.6 Å². The molecule has 2 N–H and O–H groups in total. The van der Waals surface area contributed by atoms with E-state index < -0.39 is 0 Å². The van der Waals surface area contributed by atoms with E-state index >= 15 is 0 Å². The van der Waals surface area contributed by atoms with Crippen molar-refractivity contribution in [3.8, 4) is 0 Å². The van der Waals surface area contributed by atoms with Gasteiger partial charge in [0.15, 0.2) is 0 Å². The van der Waals surface area contributed by atoms with E-state index in [4.69, 9.17) is 4.98 Å². The highest BCUT2D eigenvalue weighted by molar-refractivity contribution is 5.96. The lowest BCUT2D eigenvalue weighted by molar-refractivity contribution is 0.0940. The Bertz CT molecular complexity index is 830. The fourth-order valence-corrected chi connectivity index (χ4v) is 3.87. The van der Waals surface area contributed by atoms with Gasteiger partial charge in [-0.2, -0.15) is 0 Å². The molecule has 148 valence electrons. The van der Waals surface area contributed by atoms with Crippen LogP contribution in [0.4, 0.5) is 5.82 Å². The summed E-state index contributed by atoms with van der Waals surface area (Å²) in [5, 5.41) is 6.53. The van der Waals surface area contributed by atoms with Gasteiger partial charge in [-0.25, -0.2) is 9.97 Å². The third kappa shape index (κ3) is 4.14. The molecule has 0 radical (unpaired) electrons. The molecule has 28 heavy (non-hydrogen) atoms. The third-order valence-electron chi connectivity index (χ3n) is 5.47. The van der Waals surface area contributed by atoms with Gasteiger partial charge in [0, 0.05) is 56.1 Å². The van der Waals surface area contributed by atoms with Gasteiger partial charge < -0.3 is 10.6 Å². The van der Waals surface area contributed by atoms with Crippen molar-refractivity contribution in [2.45, 2.75) is 51.6 Å². The fraction of sp³-hybridized carbons (Fsp3) is 0.524. The van der Waals surface area contributed by atoms with E-state index in [2.05, 4.69) is 45.4 Å². The van der Waals surface area contributed by atoms with Gasteiger partial charge in [-0.15, -0.1) is 0 Å². The number of carbonyl (C=O) groups excluding carboxylic acids is 1. The first-order valence-electron chi connectivity index (χ1n) is 10.2. The maximum Gasteiger partial charge on any atom is 0.270 e. The molecule has 0 atom stereocenters. The van der Waals surface area contributed by atoms with Crippen molar-refractivity contribution in [1.82, 2.24) is 25.2 Å². The summed E-state index contributed by atoms with van der Waals surface area (Å²) in [6, 6.07) is 4.49. The van der Waals surface area contributed by atoms with Gasteiger partial charge >= 0.3 is 0 Å². The first-order chi connectivity index (χ1) is 13.6. The number of piperidine rings is 1. The Labute approximate surface area is 166 Å². The number of hydrogen-bond acceptors (Lipinski definition) is 6. The average Bonchev–Trinajstić information content (AvgIpc) is 2.71. The molecule has 7 heteroatoms. The molecule has 0 aliphatic carbocycles. The molecule has 0 saturated carbocycles. The number of likely N-dealkylation sites (tertiary alicyclic amines) is 1. The third-order valence-corrected chi connectivity index (χ3v) is 5.47. The fourth-order valence-electron chi connectivity index (χ4n) is 3.87. The topological polar surface area (TPSA) is 83.0 Å². The largest absolute Gasteiger partial charge is 0.367 e. The summed E-state index contributed by atoms with van der Waals surface area (Å²) in [5.41, 5.74) is 2.76. The summed E-state index contributed by atoms with van der Waals surface area (Å²) >= 11 is 0. The molecule has 7 nitrogen and oxygen atoms in total. The zero-order chi connectivity index (χ0) is 19.5. The monoisotopic (exact) mass is 380 g/mol. The van der Waals surface area contributed by atoms with Crippen molar-refractivity contribution in [3.63, 3.8) is 0 Å². The normalized spacial score (nSPS) is 18.0. The molecular formula is C21H28N6O. The number of nitrogens with one attached hydrogen (secondary N) is 2. The van der Waals surface area contributed by atoms with Crippen LogP contribution >= 0.6 is 0 Å². The molecule has 0 bridgehead atoms. The maximum absolute atomic E-state index is 12.3. The number of carbonyl (C=O) groups is 1. The lowest BCUT2D eigenvalue weighted by Crippen LogP contribution is -2.40. The van der Waals surface area contributed by atoms with Crippen molar-refractivity contribution in [1.29, 1.82) is 0 Å². The van der Waals surface area contributed by atoms with E-state index in [1.165, 1.54) is 5.56 Å². The second-order valence-corrected chi connectivity index (χ2v) is 7.97. The van der Waals surface area contributed by atoms with Crippen molar-refractivity contribution in [3.05, 3.63) is 47.2 Å². The van der Waals surface area contributed by atoms with Gasteiger partial charge in [0.25, 0.3) is 5.91 Å². The van der Waals surface area contributed by atoms with E-state index in [0.717, 1.165) is 56.1 Å². The van der Waals surface area contributed by atoms with E-state index in [0.29, 0.717) is 18.3 Å². The highest BCUT2D eigenvalue weighted by Crippen LogP contribution is 2.25. The molecule has 2 aromatic heterocycles. The highest BCUT2D eigenvalue weighted by atomic mass is 16.1. The van der Waals surface area contributed by atoms with Crippen LogP contribution in [0.25, 0.3) is 0 Å². The number of amides is 1. The second-order valence-electron chi connectivity index (χ2n) is 7.97. The van der Waals surface area contributed by atoms with Crippen LogP contribution in [-0.4, -0.2) is 51.4 Å². The number of fused-ring (bicyclic) bond motifs is 1. The quantitative estimate of drug-likeness (QED) is 0.829. The number of aromatic nitrogens is 3. The number of nitrogens with zero attached hydrogens (tertiary/aromatic N) is 4. The van der Waals surface area contributed by atoms with Gasteiger partial charge in [-0.05, 0) is 30.9 Å². The molecule has 0 unspecified atom stereocenters. The highest BCUT2D eigenvalue weighted by Gasteiger charge is 2.27. The van der Waals surface area contributed by atoms with Crippen LogP contribution in [0.5, 0.6) is 0 Å². The van der Waals surface area contributed by atoms with E-state index in [1.54, 1.807) is 0 Å². The van der Waals surface area contributed by atoms with Crippen LogP contribution in [0.1, 0.15) is 60.0 Å². The maximum atomic E-state index is 12.3. The number of pyridine rings is 1. The molecule has 1 fully saturated rings. The Morgan fingerprint density at radius 1 is 1.29 bits per heavy atom. The van der Waals surface area contributed by atoms with Gasteiger partial charge in [0.05, 0.1) is 0 Å². The molecule has 0 spiro atoms. The standard InChI is InChI=1S/C21H28N6O/c1-14(2)19-25-18-17(5-9-23-21(18)28)20(26-19)24-16-6-10-27(11-7-16)13-15-4-3-8-22-12-15/h3-4,8,12,14,16H,5-7,9-11,13H2,1-2H3,(H,23,28)(H,24,25,26). The molecular weight excluding hydrogens is 352 g/mol. The van der Waals surface area contributed by atoms with E-state index in [9.17, 15) is 4.79 Å². The molecule has 4 rings (SSSR count). The van der Waals surface area contributed by atoms with E-state index in [1.807, 2.05) is 18.5 Å². The van der Waals surface area contributed by atoms with Crippen LogP contribution in [0.3, 0.4) is 0 Å². The molecule has 1 amide bonds. The van der Waals surface area contributed by atoms with Gasteiger partial charge in [0.2, 0.25) is 0 Å². The van der Waals surface area contributed by atoms with E-state index in [-0.39, 0.29) is 11.8 Å². The number of anilines is 1. The minimum Gasteiger partial charge on any atom is -0.367 e. The summed E-state index contributed by atoms with van der Waals surface area (Å²) in [6.45, 7) is 7.79. The predicted molar refractivity (Wildman–Crippen MR) is 108 cm³/mol. The number of hydrogen-bond donors (Lipinski definition) is 2. The zero-order valence-corrected chi connectivity index (χ0v) is 16.6. The first kappa shape index (κ1) is 18.8. The SMILES string of the molecule is CC(C)c1nc(NC2CCN(Cc3cccnc3)CC2)c2c(n1)C(=O)NCC2. The van der Waals surface area contributed by atoms with Crippen molar-refractivity contribution in [2.24, 2.45) is 0 Å². The second kappa shape index (κ2) is 8.22. The van der Waals surface area contributed by atoms with Crippen molar-refractivity contribution >= 4 is 11.7 Å². The summed E-state index contributed by atoms with van der Waals surface area (Å²) in [5.74, 6) is 1.68. The van der Waals surface area contributed by atoms with Crippen LogP contribution in [-0.2, 0) is 13.0 Å². The molecule has 1 saturated heterocycles. The Hall–Kier alpha value is -2.54. The molecule has 4 heterocycles. The first-order valence-corrected chi connectivity index (χ1v) is 10.2. The Balaban J connectivity index is 1.44. The van der Waals surface area contributed by atoms with Gasteiger partial charge in [0.1, 0.15) is 17.3 Å².